The minimum Gasteiger partial charge on any atom is -0.506 e. The van der Waals surface area contributed by atoms with Crippen LogP contribution in [0.3, 0.4) is 0 Å². The van der Waals surface area contributed by atoms with Crippen molar-refractivity contribution in [2.24, 2.45) is 0 Å². The van der Waals surface area contributed by atoms with Crippen LogP contribution in [0.1, 0.15) is 42.3 Å². The highest BCUT2D eigenvalue weighted by Crippen LogP contribution is 2.39. The van der Waals surface area contributed by atoms with Crippen molar-refractivity contribution in [3.05, 3.63) is 99.9 Å². The molecule has 0 saturated heterocycles. The number of phenolic OH excluding ortho intramolecular Hbond substituents is 1. The molecule has 5 aromatic rings. The van der Waals surface area contributed by atoms with Gasteiger partial charge >= 0.3 is 0 Å². The minimum absolute atomic E-state index is 0.0654. The van der Waals surface area contributed by atoms with E-state index in [4.69, 9.17) is 4.98 Å². The van der Waals surface area contributed by atoms with Crippen LogP contribution in [0, 0.1) is 0 Å². The number of aromatic hydroxyl groups is 1. The highest BCUT2D eigenvalue weighted by Gasteiger charge is 2.20. The van der Waals surface area contributed by atoms with Crippen LogP contribution in [0.4, 0.5) is 0 Å². The van der Waals surface area contributed by atoms with Crippen molar-refractivity contribution in [1.29, 1.82) is 0 Å². The summed E-state index contributed by atoms with van der Waals surface area (Å²) in [6, 6.07) is 17.6. The van der Waals surface area contributed by atoms with Crippen LogP contribution in [0.25, 0.3) is 20.3 Å². The number of unbranched alkanes of at least 4 members (excludes halogenated alkanes) is 1. The van der Waals surface area contributed by atoms with E-state index in [9.17, 15) is 9.90 Å². The molecule has 2 aromatic carbocycles. The van der Waals surface area contributed by atoms with Gasteiger partial charge in [-0.25, -0.2) is 4.98 Å². The standard InChI is InChI=1S/C27H25N3O2S/c1-2-3-11-20-12-13-21(31)25-23(20)24-26(33-25)29-22(15-18-8-5-4-6-9-18)30(27(24)32)17-19-10-7-14-28-16-19/h4-10,12-14,16,31H,2-3,11,15,17H2,1H3. The summed E-state index contributed by atoms with van der Waals surface area (Å²) < 4.78 is 2.51. The average Bonchev–Trinajstić information content (AvgIpc) is 3.23. The second-order valence-electron chi connectivity index (χ2n) is 8.28. The van der Waals surface area contributed by atoms with Gasteiger partial charge in [0.2, 0.25) is 0 Å². The molecule has 6 heteroatoms. The van der Waals surface area contributed by atoms with E-state index in [0.717, 1.165) is 46.0 Å². The maximum absolute atomic E-state index is 14.0. The predicted molar refractivity (Wildman–Crippen MR) is 134 cm³/mol. The van der Waals surface area contributed by atoms with Crippen molar-refractivity contribution in [2.45, 2.75) is 39.2 Å². The summed E-state index contributed by atoms with van der Waals surface area (Å²) in [7, 11) is 0. The predicted octanol–water partition coefficient (Wildman–Crippen LogP) is 5.69. The fourth-order valence-corrected chi connectivity index (χ4v) is 5.42. The Morgan fingerprint density at radius 3 is 2.58 bits per heavy atom. The van der Waals surface area contributed by atoms with Crippen molar-refractivity contribution in [1.82, 2.24) is 14.5 Å². The van der Waals surface area contributed by atoms with Crippen LogP contribution >= 0.6 is 11.3 Å². The zero-order valence-corrected chi connectivity index (χ0v) is 19.3. The van der Waals surface area contributed by atoms with Crippen molar-refractivity contribution in [2.75, 3.05) is 0 Å². The first-order valence-electron chi connectivity index (χ1n) is 11.2. The van der Waals surface area contributed by atoms with Crippen LogP contribution < -0.4 is 5.56 Å². The molecule has 1 N–H and O–H groups in total. The van der Waals surface area contributed by atoms with Gasteiger partial charge in [-0.15, -0.1) is 11.3 Å². The quantitative estimate of drug-likeness (QED) is 0.342. The first kappa shape index (κ1) is 21.3. The second kappa shape index (κ2) is 9.16. The number of nitrogens with zero attached hydrogens (tertiary/aromatic N) is 3. The summed E-state index contributed by atoms with van der Waals surface area (Å²) in [5.74, 6) is 0.916. The lowest BCUT2D eigenvalue weighted by atomic mass is 10.0. The third-order valence-corrected chi connectivity index (χ3v) is 7.06. The lowest BCUT2D eigenvalue weighted by molar-refractivity contribution is 0.482. The third kappa shape index (κ3) is 4.14. The molecule has 0 bridgehead atoms. The summed E-state index contributed by atoms with van der Waals surface area (Å²) in [5, 5.41) is 12.1. The Morgan fingerprint density at radius 2 is 1.82 bits per heavy atom. The Hall–Kier alpha value is -3.51. The van der Waals surface area contributed by atoms with E-state index < -0.39 is 0 Å². The van der Waals surface area contributed by atoms with E-state index in [2.05, 4.69) is 11.9 Å². The van der Waals surface area contributed by atoms with Crippen LogP contribution in [-0.4, -0.2) is 19.6 Å². The van der Waals surface area contributed by atoms with Gasteiger partial charge in [0, 0.05) is 24.2 Å². The number of hydrogen-bond acceptors (Lipinski definition) is 5. The van der Waals surface area contributed by atoms with Crippen molar-refractivity contribution >= 4 is 31.6 Å². The van der Waals surface area contributed by atoms with E-state index in [-0.39, 0.29) is 11.3 Å². The minimum atomic E-state index is -0.0654. The molecule has 0 amide bonds. The lowest BCUT2D eigenvalue weighted by Crippen LogP contribution is -2.26. The van der Waals surface area contributed by atoms with E-state index in [0.29, 0.717) is 29.0 Å². The van der Waals surface area contributed by atoms with Crippen molar-refractivity contribution < 1.29 is 5.11 Å². The molecule has 0 aliphatic rings. The first-order chi connectivity index (χ1) is 16.2. The van der Waals surface area contributed by atoms with Gasteiger partial charge in [-0.3, -0.25) is 14.3 Å². The molecule has 166 valence electrons. The molecule has 0 spiro atoms. The number of fused-ring (bicyclic) bond motifs is 3. The zero-order chi connectivity index (χ0) is 22.8. The molecule has 3 heterocycles. The number of hydrogen-bond donors (Lipinski definition) is 1. The van der Waals surface area contributed by atoms with E-state index >= 15 is 0 Å². The van der Waals surface area contributed by atoms with Gasteiger partial charge in [-0.2, -0.15) is 0 Å². The van der Waals surface area contributed by atoms with Crippen LogP contribution in [0.15, 0.2) is 71.8 Å². The maximum atomic E-state index is 14.0. The van der Waals surface area contributed by atoms with Gasteiger partial charge in [0.15, 0.2) is 0 Å². The van der Waals surface area contributed by atoms with E-state index in [1.807, 2.05) is 48.5 Å². The molecule has 0 radical (unpaired) electrons. The number of aromatic nitrogens is 3. The Balaban J connectivity index is 1.77. The van der Waals surface area contributed by atoms with Crippen LogP contribution in [-0.2, 0) is 19.4 Å². The fourth-order valence-electron chi connectivity index (χ4n) is 4.28. The summed E-state index contributed by atoms with van der Waals surface area (Å²) in [5.41, 5.74) is 3.07. The van der Waals surface area contributed by atoms with Gasteiger partial charge in [0.1, 0.15) is 16.4 Å². The molecule has 0 aliphatic heterocycles. The van der Waals surface area contributed by atoms with E-state index in [1.165, 1.54) is 11.3 Å². The van der Waals surface area contributed by atoms with Gasteiger partial charge in [-0.05, 0) is 41.7 Å². The molecular formula is C27H25N3O2S. The number of aryl methyl sites for hydroxylation is 1. The Morgan fingerprint density at radius 1 is 1.00 bits per heavy atom. The van der Waals surface area contributed by atoms with E-state index in [1.54, 1.807) is 23.0 Å². The number of phenols is 1. The molecule has 0 aliphatic carbocycles. The Bertz CT molecular complexity index is 1470. The zero-order valence-electron chi connectivity index (χ0n) is 18.5. The molecular weight excluding hydrogens is 430 g/mol. The molecule has 33 heavy (non-hydrogen) atoms. The summed E-state index contributed by atoms with van der Waals surface area (Å²) in [6.07, 6.45) is 7.03. The smallest absolute Gasteiger partial charge is 0.263 e. The molecule has 0 atom stereocenters. The summed E-state index contributed by atoms with van der Waals surface area (Å²) in [4.78, 5) is 23.9. The van der Waals surface area contributed by atoms with Crippen LogP contribution in [0.5, 0.6) is 5.75 Å². The molecule has 0 fully saturated rings. The fraction of sp³-hybridized carbons (Fsp3) is 0.222. The van der Waals surface area contributed by atoms with Gasteiger partial charge in [0.25, 0.3) is 5.56 Å². The second-order valence-corrected chi connectivity index (χ2v) is 9.28. The lowest BCUT2D eigenvalue weighted by Gasteiger charge is -2.13. The average molecular weight is 456 g/mol. The highest BCUT2D eigenvalue weighted by atomic mass is 32.1. The van der Waals surface area contributed by atoms with Crippen molar-refractivity contribution in [3.8, 4) is 5.75 Å². The largest absolute Gasteiger partial charge is 0.506 e. The van der Waals surface area contributed by atoms with Crippen LogP contribution in [0.2, 0.25) is 0 Å². The summed E-state index contributed by atoms with van der Waals surface area (Å²) in [6.45, 7) is 2.56. The molecule has 3 aromatic heterocycles. The third-order valence-electron chi connectivity index (χ3n) is 5.96. The normalized spacial score (nSPS) is 11.4. The van der Waals surface area contributed by atoms with Gasteiger partial charge < -0.3 is 5.11 Å². The molecule has 0 saturated carbocycles. The monoisotopic (exact) mass is 455 g/mol. The topological polar surface area (TPSA) is 68.0 Å². The highest BCUT2D eigenvalue weighted by molar-refractivity contribution is 7.25. The molecule has 5 rings (SSSR count). The number of thiophene rings is 1. The number of benzene rings is 2. The first-order valence-corrected chi connectivity index (χ1v) is 12.1. The maximum Gasteiger partial charge on any atom is 0.263 e. The Labute approximate surface area is 196 Å². The molecule has 0 unspecified atom stereocenters. The van der Waals surface area contributed by atoms with Crippen molar-refractivity contribution in [3.63, 3.8) is 0 Å². The number of pyridine rings is 1. The van der Waals surface area contributed by atoms with Gasteiger partial charge in [0.05, 0.1) is 16.6 Å². The summed E-state index contributed by atoms with van der Waals surface area (Å²) >= 11 is 1.40. The SMILES string of the molecule is CCCCc1ccc(O)c2sc3nc(Cc4ccccc4)n(Cc4cccnc4)c(=O)c3c12. The molecule has 5 nitrogen and oxygen atoms in total. The van der Waals surface area contributed by atoms with Gasteiger partial charge in [-0.1, -0.05) is 55.8 Å². The Kier molecular flexibility index (Phi) is 5.92. The number of rotatable bonds is 7.